The second kappa shape index (κ2) is 5.83. The van der Waals surface area contributed by atoms with Gasteiger partial charge in [0.1, 0.15) is 0 Å². The van der Waals surface area contributed by atoms with Gasteiger partial charge >= 0.3 is 0 Å². The minimum Gasteiger partial charge on any atom is -0.309 e. The average molecular weight is 239 g/mol. The Balaban J connectivity index is 2.25. The molecule has 0 saturated carbocycles. The Morgan fingerprint density at radius 3 is 2.44 bits per heavy atom. The zero-order chi connectivity index (χ0) is 13.0. The molecule has 0 aliphatic rings. The number of aryl methyl sites for hydroxylation is 1. The van der Waals surface area contributed by atoms with Gasteiger partial charge in [-0.05, 0) is 49.7 Å². The summed E-state index contributed by atoms with van der Waals surface area (Å²) in [6, 6.07) is 17.4. The Bertz CT molecular complexity index is 515. The molecule has 0 spiro atoms. The first-order chi connectivity index (χ1) is 8.66. The number of hydrogen-bond donors (Lipinski definition) is 0. The Morgan fingerprint density at radius 2 is 1.72 bits per heavy atom. The van der Waals surface area contributed by atoms with Crippen molar-refractivity contribution in [1.82, 2.24) is 4.90 Å². The first-order valence-corrected chi connectivity index (χ1v) is 6.46. The van der Waals surface area contributed by atoms with Gasteiger partial charge in [-0.15, -0.1) is 0 Å². The second-order valence-electron chi connectivity index (χ2n) is 5.07. The van der Waals surface area contributed by atoms with Crippen molar-refractivity contribution in [1.29, 1.82) is 0 Å². The zero-order valence-electron chi connectivity index (χ0n) is 11.5. The molecular formula is C17H21N. The predicted molar refractivity (Wildman–Crippen MR) is 78.9 cm³/mol. The van der Waals surface area contributed by atoms with E-state index in [-0.39, 0.29) is 0 Å². The molecule has 0 aliphatic heterocycles. The van der Waals surface area contributed by atoms with Crippen molar-refractivity contribution in [2.24, 2.45) is 0 Å². The molecule has 94 valence electrons. The molecule has 0 radical (unpaired) electrons. The van der Waals surface area contributed by atoms with Gasteiger partial charge in [-0.2, -0.15) is 0 Å². The van der Waals surface area contributed by atoms with Crippen LogP contribution in [0.25, 0.3) is 11.1 Å². The molecule has 2 aromatic carbocycles. The fourth-order valence-electron chi connectivity index (χ4n) is 2.14. The van der Waals surface area contributed by atoms with Crippen molar-refractivity contribution < 1.29 is 0 Å². The van der Waals surface area contributed by atoms with E-state index in [2.05, 4.69) is 74.4 Å². The standard InChI is InChI=1S/C17H21N/c1-14-7-4-5-10-17(14)16-9-6-8-15(13-16)11-12-18(2)3/h4-10,13H,11-12H2,1-3H3. The molecule has 0 heterocycles. The van der Waals surface area contributed by atoms with Crippen LogP contribution in [-0.2, 0) is 6.42 Å². The molecule has 1 nitrogen and oxygen atoms in total. The van der Waals surface area contributed by atoms with Gasteiger partial charge in [0.25, 0.3) is 0 Å². The minimum absolute atomic E-state index is 1.09. The van der Waals surface area contributed by atoms with Crippen molar-refractivity contribution in [2.75, 3.05) is 20.6 Å². The molecule has 0 atom stereocenters. The lowest BCUT2D eigenvalue weighted by Gasteiger charge is -2.11. The molecule has 1 heteroatoms. The highest BCUT2D eigenvalue weighted by Crippen LogP contribution is 2.23. The van der Waals surface area contributed by atoms with Crippen LogP contribution in [0.3, 0.4) is 0 Å². The Labute approximate surface area is 110 Å². The maximum absolute atomic E-state index is 2.31. The molecule has 18 heavy (non-hydrogen) atoms. The van der Waals surface area contributed by atoms with Crippen LogP contribution >= 0.6 is 0 Å². The highest BCUT2D eigenvalue weighted by molar-refractivity contribution is 5.67. The third-order valence-electron chi connectivity index (χ3n) is 3.23. The fourth-order valence-corrected chi connectivity index (χ4v) is 2.14. The lowest BCUT2D eigenvalue weighted by Crippen LogP contribution is -2.14. The van der Waals surface area contributed by atoms with Crippen LogP contribution < -0.4 is 0 Å². The van der Waals surface area contributed by atoms with E-state index in [1.54, 1.807) is 0 Å². The van der Waals surface area contributed by atoms with Crippen molar-refractivity contribution in [3.63, 3.8) is 0 Å². The van der Waals surface area contributed by atoms with Gasteiger partial charge in [0.2, 0.25) is 0 Å². The van der Waals surface area contributed by atoms with E-state index < -0.39 is 0 Å². The van der Waals surface area contributed by atoms with Crippen LogP contribution in [0.1, 0.15) is 11.1 Å². The summed E-state index contributed by atoms with van der Waals surface area (Å²) in [6.45, 7) is 3.26. The van der Waals surface area contributed by atoms with Gasteiger partial charge in [0.15, 0.2) is 0 Å². The first kappa shape index (κ1) is 12.8. The largest absolute Gasteiger partial charge is 0.309 e. The molecule has 0 N–H and O–H groups in total. The van der Waals surface area contributed by atoms with E-state index in [1.807, 2.05) is 0 Å². The van der Waals surface area contributed by atoms with E-state index in [0.717, 1.165) is 13.0 Å². The number of rotatable bonds is 4. The smallest absolute Gasteiger partial charge is 0.00157 e. The van der Waals surface area contributed by atoms with Crippen molar-refractivity contribution in [2.45, 2.75) is 13.3 Å². The predicted octanol–water partition coefficient (Wildman–Crippen LogP) is 3.77. The second-order valence-corrected chi connectivity index (χ2v) is 5.07. The molecule has 0 saturated heterocycles. The highest BCUT2D eigenvalue weighted by Gasteiger charge is 2.02. The van der Waals surface area contributed by atoms with Crippen LogP contribution in [-0.4, -0.2) is 25.5 Å². The van der Waals surface area contributed by atoms with E-state index in [1.165, 1.54) is 22.3 Å². The number of likely N-dealkylation sites (N-methyl/N-ethyl adjacent to an activating group) is 1. The lowest BCUT2D eigenvalue weighted by molar-refractivity contribution is 0.413. The summed E-state index contributed by atoms with van der Waals surface area (Å²) < 4.78 is 0. The summed E-state index contributed by atoms with van der Waals surface area (Å²) in [7, 11) is 4.23. The quantitative estimate of drug-likeness (QED) is 0.785. The van der Waals surface area contributed by atoms with Gasteiger partial charge in [0.05, 0.1) is 0 Å². The molecule has 0 bridgehead atoms. The van der Waals surface area contributed by atoms with Crippen LogP contribution in [0.2, 0.25) is 0 Å². The summed E-state index contributed by atoms with van der Waals surface area (Å²) in [5.41, 5.74) is 5.40. The topological polar surface area (TPSA) is 3.24 Å². The third-order valence-corrected chi connectivity index (χ3v) is 3.23. The summed E-state index contributed by atoms with van der Waals surface area (Å²) in [4.78, 5) is 2.22. The SMILES string of the molecule is Cc1ccccc1-c1cccc(CCN(C)C)c1. The molecule has 2 aromatic rings. The number of benzene rings is 2. The average Bonchev–Trinajstić information content (AvgIpc) is 2.37. The molecule has 0 unspecified atom stereocenters. The summed E-state index contributed by atoms with van der Waals surface area (Å²) in [5.74, 6) is 0. The number of nitrogens with zero attached hydrogens (tertiary/aromatic N) is 1. The van der Waals surface area contributed by atoms with Gasteiger partial charge in [0, 0.05) is 6.54 Å². The molecule has 0 aliphatic carbocycles. The Kier molecular flexibility index (Phi) is 4.16. The molecule has 2 rings (SSSR count). The zero-order valence-corrected chi connectivity index (χ0v) is 11.5. The van der Waals surface area contributed by atoms with Crippen LogP contribution in [0.5, 0.6) is 0 Å². The third kappa shape index (κ3) is 3.21. The highest BCUT2D eigenvalue weighted by atomic mass is 15.0. The van der Waals surface area contributed by atoms with Crippen LogP contribution in [0.4, 0.5) is 0 Å². The molecule has 0 fully saturated rings. The van der Waals surface area contributed by atoms with E-state index in [9.17, 15) is 0 Å². The summed E-state index contributed by atoms with van der Waals surface area (Å²) >= 11 is 0. The van der Waals surface area contributed by atoms with Gasteiger partial charge in [-0.25, -0.2) is 0 Å². The van der Waals surface area contributed by atoms with Gasteiger partial charge in [-0.1, -0.05) is 48.5 Å². The minimum atomic E-state index is 1.09. The lowest BCUT2D eigenvalue weighted by atomic mass is 9.98. The van der Waals surface area contributed by atoms with Crippen LogP contribution in [0.15, 0.2) is 48.5 Å². The monoisotopic (exact) mass is 239 g/mol. The van der Waals surface area contributed by atoms with Gasteiger partial charge < -0.3 is 4.90 Å². The molecule has 0 aromatic heterocycles. The van der Waals surface area contributed by atoms with Gasteiger partial charge in [-0.3, -0.25) is 0 Å². The van der Waals surface area contributed by atoms with Crippen molar-refractivity contribution in [3.05, 3.63) is 59.7 Å². The maximum atomic E-state index is 2.31. The normalized spacial score (nSPS) is 10.9. The Morgan fingerprint density at radius 1 is 0.944 bits per heavy atom. The molecular weight excluding hydrogens is 218 g/mol. The maximum Gasteiger partial charge on any atom is 0.00157 e. The van der Waals surface area contributed by atoms with E-state index in [0.29, 0.717) is 0 Å². The number of hydrogen-bond acceptors (Lipinski definition) is 1. The Hall–Kier alpha value is -1.60. The molecule has 0 amide bonds. The van der Waals surface area contributed by atoms with E-state index >= 15 is 0 Å². The van der Waals surface area contributed by atoms with Crippen molar-refractivity contribution in [3.8, 4) is 11.1 Å². The first-order valence-electron chi connectivity index (χ1n) is 6.46. The van der Waals surface area contributed by atoms with E-state index in [4.69, 9.17) is 0 Å². The summed E-state index contributed by atoms with van der Waals surface area (Å²) in [5, 5.41) is 0. The van der Waals surface area contributed by atoms with Crippen molar-refractivity contribution >= 4 is 0 Å². The fraction of sp³-hybridized carbons (Fsp3) is 0.294. The van der Waals surface area contributed by atoms with Crippen LogP contribution in [0, 0.1) is 6.92 Å². The summed E-state index contributed by atoms with van der Waals surface area (Å²) in [6.07, 6.45) is 1.10.